The van der Waals surface area contributed by atoms with Crippen molar-refractivity contribution in [3.05, 3.63) is 0 Å². The number of hydrogen-bond acceptors (Lipinski definition) is 3. The van der Waals surface area contributed by atoms with E-state index in [0.29, 0.717) is 0 Å². The van der Waals surface area contributed by atoms with E-state index in [4.69, 9.17) is 10.8 Å². The molecule has 0 unspecified atom stereocenters. The lowest BCUT2D eigenvalue weighted by Crippen LogP contribution is -2.41. The van der Waals surface area contributed by atoms with Gasteiger partial charge in [-0.05, 0) is 13.8 Å². The highest BCUT2D eigenvalue weighted by Crippen LogP contribution is 2.14. The molecule has 0 saturated heterocycles. The lowest BCUT2D eigenvalue weighted by Gasteiger charge is -2.23. The van der Waals surface area contributed by atoms with Gasteiger partial charge in [-0.15, -0.1) is 0 Å². The van der Waals surface area contributed by atoms with Crippen molar-refractivity contribution in [2.24, 2.45) is 5.73 Å². The van der Waals surface area contributed by atoms with Crippen LogP contribution in [0, 0.1) is 0 Å². The molecule has 0 fully saturated rings. The summed E-state index contributed by atoms with van der Waals surface area (Å²) >= 11 is 4.14. The van der Waals surface area contributed by atoms with Crippen LogP contribution in [0.2, 0.25) is 0 Å². The lowest BCUT2D eigenvalue weighted by molar-refractivity contribution is 0.249. The zero-order valence-corrected chi connectivity index (χ0v) is 6.15. The molecular weight excluding hydrogens is 122 g/mol. The van der Waals surface area contributed by atoms with E-state index in [9.17, 15) is 0 Å². The Kier molecular flexibility index (Phi) is 2.80. The number of hydrogen-bond donors (Lipinski definition) is 3. The predicted molar refractivity (Wildman–Crippen MR) is 38.1 cm³/mol. The third-order valence-electron chi connectivity index (χ3n) is 1.10. The molecule has 0 heterocycles. The van der Waals surface area contributed by atoms with E-state index in [2.05, 4.69) is 12.6 Å². The van der Waals surface area contributed by atoms with Gasteiger partial charge in [0.15, 0.2) is 0 Å². The zero-order chi connectivity index (χ0) is 6.78. The van der Waals surface area contributed by atoms with Gasteiger partial charge in [0.05, 0.1) is 6.61 Å². The Hall–Kier alpha value is 0.270. The molecule has 2 nitrogen and oxygen atoms in total. The van der Waals surface area contributed by atoms with Gasteiger partial charge in [0.2, 0.25) is 0 Å². The molecule has 0 aromatic heterocycles. The summed E-state index contributed by atoms with van der Waals surface area (Å²) in [7, 11) is 0. The van der Waals surface area contributed by atoms with Gasteiger partial charge in [0, 0.05) is 10.8 Å². The van der Waals surface area contributed by atoms with Crippen molar-refractivity contribution in [2.45, 2.75) is 24.6 Å². The number of aliphatic hydroxyl groups is 1. The number of thiol groups is 1. The highest BCUT2D eigenvalue weighted by Gasteiger charge is 2.19. The first kappa shape index (κ1) is 8.27. The minimum absolute atomic E-state index is 0.00347. The summed E-state index contributed by atoms with van der Waals surface area (Å²) in [5.74, 6) is 0. The normalized spacial score (nSPS) is 16.1. The fourth-order valence-corrected chi connectivity index (χ4v) is 0.305. The van der Waals surface area contributed by atoms with Crippen molar-refractivity contribution in [2.75, 3.05) is 6.61 Å². The second-order valence-corrected chi connectivity index (χ2v) is 3.60. The van der Waals surface area contributed by atoms with Gasteiger partial charge in [-0.3, -0.25) is 0 Å². The zero-order valence-electron chi connectivity index (χ0n) is 5.26. The van der Waals surface area contributed by atoms with E-state index in [0.717, 1.165) is 0 Å². The van der Waals surface area contributed by atoms with Crippen LogP contribution in [0.15, 0.2) is 0 Å². The quantitative estimate of drug-likeness (QED) is 0.467. The highest BCUT2D eigenvalue weighted by molar-refractivity contribution is 7.81. The maximum atomic E-state index is 8.50. The summed E-state index contributed by atoms with van der Waals surface area (Å²) in [6, 6.07) is -0.231. The van der Waals surface area contributed by atoms with E-state index in [1.165, 1.54) is 0 Å². The van der Waals surface area contributed by atoms with Gasteiger partial charge in [0.1, 0.15) is 0 Å². The SMILES string of the molecule is CC(C)(S)[C@@H](N)CO. The van der Waals surface area contributed by atoms with Crippen LogP contribution in [0.1, 0.15) is 13.8 Å². The maximum absolute atomic E-state index is 8.50. The van der Waals surface area contributed by atoms with Gasteiger partial charge in [-0.1, -0.05) is 0 Å². The molecule has 0 bridgehead atoms. The summed E-state index contributed by atoms with van der Waals surface area (Å²) in [6.45, 7) is 3.74. The van der Waals surface area contributed by atoms with Gasteiger partial charge in [-0.25, -0.2) is 0 Å². The van der Waals surface area contributed by atoms with Crippen LogP contribution in [-0.4, -0.2) is 22.5 Å². The average Bonchev–Trinajstić information content (AvgIpc) is 1.62. The van der Waals surface area contributed by atoms with Crippen LogP contribution in [0.3, 0.4) is 0 Å². The molecule has 0 aliphatic carbocycles. The smallest absolute Gasteiger partial charge is 0.0595 e. The van der Waals surface area contributed by atoms with Crippen molar-refractivity contribution in [1.82, 2.24) is 0 Å². The summed E-state index contributed by atoms with van der Waals surface area (Å²) in [6.07, 6.45) is 0. The Bertz CT molecular complexity index is 69.3. The summed E-state index contributed by atoms with van der Waals surface area (Å²) in [5, 5.41) is 8.50. The second kappa shape index (κ2) is 2.71. The summed E-state index contributed by atoms with van der Waals surface area (Å²) < 4.78 is -0.269. The Morgan fingerprint density at radius 3 is 2.12 bits per heavy atom. The van der Waals surface area contributed by atoms with E-state index in [1.807, 2.05) is 13.8 Å². The molecule has 0 saturated carbocycles. The first-order valence-electron chi connectivity index (χ1n) is 2.57. The fraction of sp³-hybridized carbons (Fsp3) is 1.00. The van der Waals surface area contributed by atoms with Crippen LogP contribution >= 0.6 is 12.6 Å². The average molecular weight is 135 g/mol. The van der Waals surface area contributed by atoms with Crippen LogP contribution in [0.4, 0.5) is 0 Å². The summed E-state index contributed by atoms with van der Waals surface area (Å²) in [4.78, 5) is 0. The van der Waals surface area contributed by atoms with Gasteiger partial charge >= 0.3 is 0 Å². The molecule has 0 rings (SSSR count). The standard InChI is InChI=1S/C5H13NOS/c1-5(2,8)4(6)3-7/h4,7-8H,3,6H2,1-2H3/t4-/m0/s1. The van der Waals surface area contributed by atoms with Crippen LogP contribution in [0.25, 0.3) is 0 Å². The monoisotopic (exact) mass is 135 g/mol. The van der Waals surface area contributed by atoms with Crippen LogP contribution in [-0.2, 0) is 0 Å². The predicted octanol–water partition coefficient (Wildman–Crippen LogP) is 0.0144. The topological polar surface area (TPSA) is 46.2 Å². The molecule has 3 N–H and O–H groups in total. The van der Waals surface area contributed by atoms with Crippen molar-refractivity contribution in [3.63, 3.8) is 0 Å². The molecule has 0 radical (unpaired) electrons. The molecule has 0 amide bonds. The first-order valence-corrected chi connectivity index (χ1v) is 3.02. The molecule has 0 aromatic carbocycles. The third kappa shape index (κ3) is 2.55. The van der Waals surface area contributed by atoms with E-state index >= 15 is 0 Å². The minimum Gasteiger partial charge on any atom is -0.395 e. The van der Waals surface area contributed by atoms with E-state index in [1.54, 1.807) is 0 Å². The summed E-state index contributed by atoms with van der Waals surface area (Å²) in [5.41, 5.74) is 5.42. The largest absolute Gasteiger partial charge is 0.395 e. The molecule has 50 valence electrons. The number of aliphatic hydroxyl groups excluding tert-OH is 1. The third-order valence-corrected chi connectivity index (χ3v) is 1.44. The van der Waals surface area contributed by atoms with E-state index in [-0.39, 0.29) is 17.4 Å². The maximum Gasteiger partial charge on any atom is 0.0595 e. The fourth-order valence-electron chi connectivity index (χ4n) is 0.223. The van der Waals surface area contributed by atoms with Crippen LogP contribution < -0.4 is 5.73 Å². The van der Waals surface area contributed by atoms with Crippen molar-refractivity contribution in [3.8, 4) is 0 Å². The van der Waals surface area contributed by atoms with Gasteiger partial charge in [0.25, 0.3) is 0 Å². The molecule has 3 heteroatoms. The minimum atomic E-state index is -0.269. The number of nitrogens with two attached hydrogens (primary N) is 1. The molecule has 0 aromatic rings. The van der Waals surface area contributed by atoms with Crippen molar-refractivity contribution >= 4 is 12.6 Å². The Morgan fingerprint density at radius 2 is 2.12 bits per heavy atom. The lowest BCUT2D eigenvalue weighted by atomic mass is 10.1. The Labute approximate surface area is 55.5 Å². The van der Waals surface area contributed by atoms with Crippen molar-refractivity contribution in [1.29, 1.82) is 0 Å². The first-order chi connectivity index (χ1) is 3.48. The molecule has 8 heavy (non-hydrogen) atoms. The second-order valence-electron chi connectivity index (χ2n) is 2.44. The van der Waals surface area contributed by atoms with Gasteiger partial charge in [-0.2, -0.15) is 12.6 Å². The number of rotatable bonds is 2. The van der Waals surface area contributed by atoms with Crippen LogP contribution in [0.5, 0.6) is 0 Å². The molecule has 1 atom stereocenters. The van der Waals surface area contributed by atoms with Gasteiger partial charge < -0.3 is 10.8 Å². The molecule has 0 spiro atoms. The van der Waals surface area contributed by atoms with Crippen molar-refractivity contribution < 1.29 is 5.11 Å². The molecular formula is C5H13NOS. The Morgan fingerprint density at radius 1 is 1.75 bits per heavy atom. The molecule has 0 aliphatic heterocycles. The van der Waals surface area contributed by atoms with E-state index < -0.39 is 0 Å². The Balaban J connectivity index is 3.62. The highest BCUT2D eigenvalue weighted by atomic mass is 32.1. The molecule has 0 aliphatic rings.